The molecule has 0 aliphatic rings. The van der Waals surface area contributed by atoms with Crippen LogP contribution in [0.4, 0.5) is 0 Å². The van der Waals surface area contributed by atoms with Crippen LogP contribution in [0.3, 0.4) is 0 Å². The van der Waals surface area contributed by atoms with Crippen molar-refractivity contribution in [1.29, 1.82) is 0 Å². The molecule has 144 valence electrons. The molecule has 0 spiro atoms. The predicted octanol–water partition coefficient (Wildman–Crippen LogP) is 4.66. The van der Waals surface area contributed by atoms with Crippen LogP contribution in [0.25, 0.3) is 22.0 Å². The van der Waals surface area contributed by atoms with Gasteiger partial charge in [0.2, 0.25) is 0 Å². The molecular formula is C22H17ClN4O2. The fourth-order valence-corrected chi connectivity index (χ4v) is 3.26. The van der Waals surface area contributed by atoms with E-state index in [1.54, 1.807) is 25.3 Å². The highest BCUT2D eigenvalue weighted by Crippen LogP contribution is 2.36. The molecule has 6 nitrogen and oxygen atoms in total. The van der Waals surface area contributed by atoms with E-state index in [-0.39, 0.29) is 0 Å². The zero-order valence-corrected chi connectivity index (χ0v) is 16.3. The van der Waals surface area contributed by atoms with Gasteiger partial charge in [0.05, 0.1) is 24.6 Å². The maximum absolute atomic E-state index is 12.4. The number of halogens is 1. The Morgan fingerprint density at radius 1 is 1.14 bits per heavy atom. The van der Waals surface area contributed by atoms with Gasteiger partial charge in [0.25, 0.3) is 5.91 Å². The Hall–Kier alpha value is -3.64. The largest absolute Gasteiger partial charge is 0.496 e. The maximum atomic E-state index is 12.4. The highest BCUT2D eigenvalue weighted by Gasteiger charge is 2.16. The summed E-state index contributed by atoms with van der Waals surface area (Å²) in [4.78, 5) is 12.4. The van der Waals surface area contributed by atoms with Crippen LogP contribution in [0, 0.1) is 0 Å². The minimum atomic E-state index is -0.402. The van der Waals surface area contributed by atoms with Crippen LogP contribution in [-0.4, -0.2) is 29.4 Å². The number of nitrogens with one attached hydrogen (secondary N) is 2. The first-order valence-electron chi connectivity index (χ1n) is 8.86. The molecule has 0 saturated heterocycles. The van der Waals surface area contributed by atoms with E-state index in [1.807, 2.05) is 48.5 Å². The maximum Gasteiger partial charge on any atom is 0.289 e. The van der Waals surface area contributed by atoms with E-state index in [4.69, 9.17) is 16.3 Å². The number of hydrogen-bond acceptors (Lipinski definition) is 4. The summed E-state index contributed by atoms with van der Waals surface area (Å²) in [5, 5.41) is 13.7. The number of aromatic amines is 1. The van der Waals surface area contributed by atoms with Gasteiger partial charge in [-0.3, -0.25) is 9.89 Å². The van der Waals surface area contributed by atoms with Crippen molar-refractivity contribution >= 4 is 34.5 Å². The molecule has 1 amide bonds. The Balaban J connectivity index is 1.59. The van der Waals surface area contributed by atoms with Gasteiger partial charge < -0.3 is 4.74 Å². The Morgan fingerprint density at radius 3 is 2.83 bits per heavy atom. The zero-order valence-electron chi connectivity index (χ0n) is 15.5. The third-order valence-electron chi connectivity index (χ3n) is 4.42. The number of H-pyrrole nitrogens is 1. The number of hydrogen-bond donors (Lipinski definition) is 2. The molecule has 0 saturated carbocycles. The van der Waals surface area contributed by atoms with Crippen LogP contribution in [-0.2, 0) is 0 Å². The minimum Gasteiger partial charge on any atom is -0.496 e. The van der Waals surface area contributed by atoms with E-state index in [2.05, 4.69) is 20.7 Å². The first kappa shape index (κ1) is 18.7. The number of methoxy groups -OCH3 is 1. The average molecular weight is 405 g/mol. The van der Waals surface area contributed by atoms with Gasteiger partial charge >= 0.3 is 0 Å². The second-order valence-corrected chi connectivity index (χ2v) is 6.72. The van der Waals surface area contributed by atoms with Gasteiger partial charge in [0, 0.05) is 5.02 Å². The van der Waals surface area contributed by atoms with E-state index >= 15 is 0 Å². The number of benzene rings is 3. The number of aromatic nitrogens is 2. The summed E-state index contributed by atoms with van der Waals surface area (Å²) in [5.41, 5.74) is 4.99. The summed E-state index contributed by atoms with van der Waals surface area (Å²) in [6.45, 7) is 0. The topological polar surface area (TPSA) is 79.4 Å². The standard InChI is InChI=1S/C22H17ClN4O2/c1-29-20-10-9-15-6-2-3-8-17(15)21(20)18-12-19(26-25-18)22(28)27-24-13-14-5-4-7-16(23)11-14/h2-13H,1H3,(H,25,26)(H,27,28). The van der Waals surface area contributed by atoms with Crippen LogP contribution in [0.1, 0.15) is 16.1 Å². The Morgan fingerprint density at radius 2 is 2.00 bits per heavy atom. The molecule has 0 fully saturated rings. The lowest BCUT2D eigenvalue weighted by Gasteiger charge is -2.09. The third kappa shape index (κ3) is 3.97. The molecular weight excluding hydrogens is 388 g/mol. The molecule has 0 atom stereocenters. The number of carbonyl (C=O) groups is 1. The molecule has 4 rings (SSSR count). The Bertz CT molecular complexity index is 1220. The molecule has 0 aliphatic heterocycles. The van der Waals surface area contributed by atoms with Gasteiger partial charge in [-0.2, -0.15) is 10.2 Å². The highest BCUT2D eigenvalue weighted by atomic mass is 35.5. The van der Waals surface area contributed by atoms with Crippen molar-refractivity contribution in [3.05, 3.63) is 83.0 Å². The van der Waals surface area contributed by atoms with Gasteiger partial charge in [-0.1, -0.05) is 54.1 Å². The second-order valence-electron chi connectivity index (χ2n) is 6.28. The number of hydrazone groups is 1. The van der Waals surface area contributed by atoms with Crippen LogP contribution < -0.4 is 10.2 Å². The summed E-state index contributed by atoms with van der Waals surface area (Å²) < 4.78 is 5.51. The second kappa shape index (κ2) is 8.16. The molecule has 7 heteroatoms. The quantitative estimate of drug-likeness (QED) is 0.375. The molecule has 0 bridgehead atoms. The predicted molar refractivity (Wildman–Crippen MR) is 115 cm³/mol. The molecule has 3 aromatic carbocycles. The monoisotopic (exact) mass is 404 g/mol. The lowest BCUT2D eigenvalue weighted by Crippen LogP contribution is -2.17. The first-order valence-corrected chi connectivity index (χ1v) is 9.24. The Labute approximate surface area is 172 Å². The van der Waals surface area contributed by atoms with E-state index in [0.29, 0.717) is 22.2 Å². The molecule has 4 aromatic rings. The number of amides is 1. The van der Waals surface area contributed by atoms with E-state index in [0.717, 1.165) is 21.9 Å². The minimum absolute atomic E-state index is 0.290. The lowest BCUT2D eigenvalue weighted by atomic mass is 10.0. The van der Waals surface area contributed by atoms with Crippen molar-refractivity contribution in [3.8, 4) is 17.0 Å². The molecule has 1 heterocycles. The lowest BCUT2D eigenvalue weighted by molar-refractivity contribution is 0.0950. The Kier molecular flexibility index (Phi) is 5.27. The molecule has 0 aliphatic carbocycles. The summed E-state index contributed by atoms with van der Waals surface area (Å²) in [6.07, 6.45) is 1.52. The zero-order chi connectivity index (χ0) is 20.2. The van der Waals surface area contributed by atoms with Crippen molar-refractivity contribution in [2.24, 2.45) is 5.10 Å². The normalized spacial score (nSPS) is 11.1. The fourth-order valence-electron chi connectivity index (χ4n) is 3.06. The number of rotatable bonds is 5. The van der Waals surface area contributed by atoms with Gasteiger partial charge in [-0.25, -0.2) is 5.43 Å². The van der Waals surface area contributed by atoms with Gasteiger partial charge in [-0.05, 0) is 40.6 Å². The first-order chi connectivity index (χ1) is 14.2. The van der Waals surface area contributed by atoms with E-state index in [9.17, 15) is 4.79 Å². The van der Waals surface area contributed by atoms with Crippen molar-refractivity contribution in [3.63, 3.8) is 0 Å². The summed E-state index contributed by atoms with van der Waals surface area (Å²) >= 11 is 5.94. The molecule has 1 aromatic heterocycles. The molecule has 0 unspecified atom stereocenters. The van der Waals surface area contributed by atoms with E-state index in [1.165, 1.54) is 6.21 Å². The van der Waals surface area contributed by atoms with Crippen LogP contribution in [0.15, 0.2) is 71.8 Å². The van der Waals surface area contributed by atoms with E-state index < -0.39 is 5.91 Å². The van der Waals surface area contributed by atoms with Crippen molar-refractivity contribution in [2.45, 2.75) is 0 Å². The van der Waals surface area contributed by atoms with Gasteiger partial charge in [-0.15, -0.1) is 0 Å². The fraction of sp³-hybridized carbons (Fsp3) is 0.0455. The molecule has 0 radical (unpaired) electrons. The smallest absolute Gasteiger partial charge is 0.289 e. The van der Waals surface area contributed by atoms with Crippen LogP contribution in [0.5, 0.6) is 5.75 Å². The van der Waals surface area contributed by atoms with Crippen LogP contribution >= 0.6 is 11.6 Å². The van der Waals surface area contributed by atoms with Crippen molar-refractivity contribution in [1.82, 2.24) is 15.6 Å². The van der Waals surface area contributed by atoms with Gasteiger partial charge in [0.15, 0.2) is 0 Å². The number of carbonyl (C=O) groups excluding carboxylic acids is 1. The molecule has 2 N–H and O–H groups in total. The van der Waals surface area contributed by atoms with Gasteiger partial charge in [0.1, 0.15) is 11.4 Å². The average Bonchev–Trinajstić information content (AvgIpc) is 3.23. The number of fused-ring (bicyclic) bond motifs is 1. The number of nitrogens with zero attached hydrogens (tertiary/aromatic N) is 2. The summed E-state index contributed by atoms with van der Waals surface area (Å²) in [7, 11) is 1.61. The highest BCUT2D eigenvalue weighted by molar-refractivity contribution is 6.30. The van der Waals surface area contributed by atoms with Crippen LogP contribution in [0.2, 0.25) is 5.02 Å². The SMILES string of the molecule is COc1ccc2ccccc2c1-c1cc(C(=O)NN=Cc2cccc(Cl)c2)[nH]n1. The van der Waals surface area contributed by atoms with Crippen molar-refractivity contribution < 1.29 is 9.53 Å². The summed E-state index contributed by atoms with van der Waals surface area (Å²) in [5.74, 6) is 0.280. The van der Waals surface area contributed by atoms with Crippen molar-refractivity contribution in [2.75, 3.05) is 7.11 Å². The number of ether oxygens (including phenoxy) is 1. The summed E-state index contributed by atoms with van der Waals surface area (Å²) in [6, 6.07) is 20.7. The molecule has 29 heavy (non-hydrogen) atoms. The third-order valence-corrected chi connectivity index (χ3v) is 4.65.